The number of nitrogens with one attached hydrogen (secondary N) is 1. The van der Waals surface area contributed by atoms with Gasteiger partial charge in [-0.3, -0.25) is 4.79 Å². The van der Waals surface area contributed by atoms with Gasteiger partial charge in [0.25, 0.3) is 0 Å². The van der Waals surface area contributed by atoms with Gasteiger partial charge in [-0.1, -0.05) is 0 Å². The fraction of sp³-hybridized carbons (Fsp3) is 0.462. The van der Waals surface area contributed by atoms with Crippen molar-refractivity contribution in [3.05, 3.63) is 29.1 Å². The molecule has 1 N–H and O–H groups in total. The van der Waals surface area contributed by atoms with E-state index in [2.05, 4.69) is 0 Å². The number of halogens is 4. The predicted molar refractivity (Wildman–Crippen MR) is 62.8 cm³/mol. The molecule has 0 heterocycles. The number of hydrogen-bond acceptors (Lipinski definition) is 2. The summed E-state index contributed by atoms with van der Waals surface area (Å²) in [4.78, 5) is 11.0. The summed E-state index contributed by atoms with van der Waals surface area (Å²) < 4.78 is 55.6. The van der Waals surface area contributed by atoms with E-state index in [4.69, 9.17) is 4.74 Å². The summed E-state index contributed by atoms with van der Waals surface area (Å²) >= 11 is 0. The van der Waals surface area contributed by atoms with Crippen LogP contribution in [-0.4, -0.2) is 19.2 Å². The Labute approximate surface area is 112 Å². The van der Waals surface area contributed by atoms with Crippen LogP contribution in [0.3, 0.4) is 0 Å². The van der Waals surface area contributed by atoms with Gasteiger partial charge in [-0.05, 0) is 36.5 Å². The van der Waals surface area contributed by atoms with Gasteiger partial charge in [0.05, 0.1) is 13.2 Å². The molecule has 20 heavy (non-hydrogen) atoms. The van der Waals surface area contributed by atoms with Crippen LogP contribution in [0.25, 0.3) is 0 Å². The van der Waals surface area contributed by atoms with E-state index in [-0.39, 0.29) is 5.75 Å². The second-order valence-corrected chi connectivity index (χ2v) is 4.59. The van der Waals surface area contributed by atoms with Crippen LogP contribution < -0.4 is 10.1 Å². The highest BCUT2D eigenvalue weighted by atomic mass is 19.4. The third-order valence-corrected chi connectivity index (χ3v) is 3.30. The van der Waals surface area contributed by atoms with Crippen molar-refractivity contribution in [1.29, 1.82) is 0 Å². The monoisotopic (exact) mass is 291 g/mol. The maximum Gasteiger partial charge on any atom is 0.471 e. The highest BCUT2D eigenvalue weighted by Crippen LogP contribution is 2.35. The standard InChI is InChI=1S/C13H13F4NO2/c1-20-7-5-9-8(10(14)6-7)3-2-4-11(9)18-12(19)13(15,16)17/h5-6,11H,2-4H2,1H3,(H,18,19)/t11-/m1/s1. The second-order valence-electron chi connectivity index (χ2n) is 4.59. The van der Waals surface area contributed by atoms with Crippen LogP contribution in [0.4, 0.5) is 17.6 Å². The van der Waals surface area contributed by atoms with Gasteiger partial charge < -0.3 is 10.1 Å². The minimum atomic E-state index is -4.95. The number of carbonyl (C=O) groups is 1. The van der Waals surface area contributed by atoms with Crippen molar-refractivity contribution in [3.63, 3.8) is 0 Å². The van der Waals surface area contributed by atoms with Crippen LogP contribution in [0.1, 0.15) is 30.0 Å². The summed E-state index contributed by atoms with van der Waals surface area (Å²) in [6.45, 7) is 0. The van der Waals surface area contributed by atoms with Crippen LogP contribution in [0.2, 0.25) is 0 Å². The lowest BCUT2D eigenvalue weighted by atomic mass is 9.87. The molecule has 1 aliphatic carbocycles. The molecule has 0 radical (unpaired) electrons. The van der Waals surface area contributed by atoms with Gasteiger partial charge in [-0.25, -0.2) is 4.39 Å². The van der Waals surface area contributed by atoms with E-state index in [1.807, 2.05) is 5.32 Å². The van der Waals surface area contributed by atoms with Crippen LogP contribution in [0.5, 0.6) is 5.75 Å². The van der Waals surface area contributed by atoms with Crippen molar-refractivity contribution in [2.75, 3.05) is 7.11 Å². The third-order valence-electron chi connectivity index (χ3n) is 3.30. The Hall–Kier alpha value is -1.79. The molecule has 7 heteroatoms. The average molecular weight is 291 g/mol. The molecule has 0 bridgehead atoms. The number of carbonyl (C=O) groups excluding carboxylic acids is 1. The minimum Gasteiger partial charge on any atom is -0.497 e. The van der Waals surface area contributed by atoms with Crippen molar-refractivity contribution >= 4 is 5.91 Å². The number of methoxy groups -OCH3 is 1. The molecule has 0 aliphatic heterocycles. The van der Waals surface area contributed by atoms with Crippen LogP contribution in [0.15, 0.2) is 12.1 Å². The first-order chi connectivity index (χ1) is 9.32. The quantitative estimate of drug-likeness (QED) is 0.851. The molecule has 1 amide bonds. The van der Waals surface area contributed by atoms with Crippen molar-refractivity contribution in [2.24, 2.45) is 0 Å². The first-order valence-electron chi connectivity index (χ1n) is 6.07. The van der Waals surface area contributed by atoms with Crippen LogP contribution >= 0.6 is 0 Å². The van der Waals surface area contributed by atoms with E-state index in [1.165, 1.54) is 19.2 Å². The van der Waals surface area contributed by atoms with Crippen molar-refractivity contribution in [1.82, 2.24) is 5.32 Å². The molecular weight excluding hydrogens is 278 g/mol. The van der Waals surface area contributed by atoms with E-state index in [0.717, 1.165) is 0 Å². The van der Waals surface area contributed by atoms with Crippen LogP contribution in [-0.2, 0) is 11.2 Å². The lowest BCUT2D eigenvalue weighted by Gasteiger charge is -2.27. The van der Waals surface area contributed by atoms with E-state index in [9.17, 15) is 22.4 Å². The normalized spacial score (nSPS) is 18.4. The zero-order valence-electron chi connectivity index (χ0n) is 10.7. The molecule has 1 aromatic carbocycles. The van der Waals surface area contributed by atoms with Crippen molar-refractivity contribution in [3.8, 4) is 5.75 Å². The molecule has 0 unspecified atom stereocenters. The Kier molecular flexibility index (Phi) is 3.87. The lowest BCUT2D eigenvalue weighted by molar-refractivity contribution is -0.174. The van der Waals surface area contributed by atoms with Gasteiger partial charge in [-0.2, -0.15) is 13.2 Å². The largest absolute Gasteiger partial charge is 0.497 e. The van der Waals surface area contributed by atoms with Gasteiger partial charge in [-0.15, -0.1) is 0 Å². The summed E-state index contributed by atoms with van der Waals surface area (Å²) in [5.41, 5.74) is 0.690. The molecule has 0 aromatic heterocycles. The Balaban J connectivity index is 2.32. The van der Waals surface area contributed by atoms with Gasteiger partial charge in [0.2, 0.25) is 0 Å². The Morgan fingerprint density at radius 1 is 1.40 bits per heavy atom. The molecule has 1 atom stereocenters. The molecule has 2 rings (SSSR count). The molecule has 0 fully saturated rings. The second kappa shape index (κ2) is 5.30. The summed E-state index contributed by atoms with van der Waals surface area (Å²) in [7, 11) is 1.34. The third kappa shape index (κ3) is 2.86. The Bertz CT molecular complexity index is 528. The average Bonchev–Trinajstić information content (AvgIpc) is 2.38. The van der Waals surface area contributed by atoms with Gasteiger partial charge in [0, 0.05) is 6.07 Å². The highest BCUT2D eigenvalue weighted by molar-refractivity contribution is 5.82. The topological polar surface area (TPSA) is 38.3 Å². The summed E-state index contributed by atoms with van der Waals surface area (Å²) in [6, 6.07) is 1.81. The lowest BCUT2D eigenvalue weighted by Crippen LogP contribution is -2.40. The minimum absolute atomic E-state index is 0.217. The number of alkyl halides is 3. The number of amides is 1. The molecular formula is C13H13F4NO2. The molecule has 110 valence electrons. The number of ether oxygens (including phenoxy) is 1. The fourth-order valence-corrected chi connectivity index (χ4v) is 2.35. The Morgan fingerprint density at radius 2 is 2.10 bits per heavy atom. The number of rotatable bonds is 2. The van der Waals surface area contributed by atoms with E-state index < -0.39 is 23.9 Å². The van der Waals surface area contributed by atoms with Crippen molar-refractivity contribution in [2.45, 2.75) is 31.5 Å². The van der Waals surface area contributed by atoms with E-state index in [0.29, 0.717) is 30.4 Å². The predicted octanol–water partition coefficient (Wildman–Crippen LogP) is 2.89. The molecule has 3 nitrogen and oxygen atoms in total. The molecule has 0 saturated heterocycles. The number of fused-ring (bicyclic) bond motifs is 1. The molecule has 1 aromatic rings. The summed E-state index contributed by atoms with van der Waals surface area (Å²) in [5.74, 6) is -2.32. The molecule has 0 saturated carbocycles. The Morgan fingerprint density at radius 3 is 2.70 bits per heavy atom. The summed E-state index contributed by atoms with van der Waals surface area (Å²) in [5, 5.41) is 1.91. The van der Waals surface area contributed by atoms with Crippen molar-refractivity contribution < 1.29 is 27.1 Å². The first kappa shape index (κ1) is 14.6. The zero-order chi connectivity index (χ0) is 14.9. The fourth-order valence-electron chi connectivity index (χ4n) is 2.35. The summed E-state index contributed by atoms with van der Waals surface area (Å²) in [6.07, 6.45) is -3.67. The molecule has 0 spiro atoms. The van der Waals surface area contributed by atoms with Gasteiger partial charge in [0.15, 0.2) is 0 Å². The van der Waals surface area contributed by atoms with Gasteiger partial charge >= 0.3 is 12.1 Å². The van der Waals surface area contributed by atoms with Crippen LogP contribution in [0, 0.1) is 5.82 Å². The van der Waals surface area contributed by atoms with Gasteiger partial charge in [0.1, 0.15) is 11.6 Å². The smallest absolute Gasteiger partial charge is 0.471 e. The maximum absolute atomic E-state index is 13.8. The van der Waals surface area contributed by atoms with E-state index >= 15 is 0 Å². The first-order valence-corrected chi connectivity index (χ1v) is 6.07. The number of benzene rings is 1. The zero-order valence-corrected chi connectivity index (χ0v) is 10.7. The highest BCUT2D eigenvalue weighted by Gasteiger charge is 2.40. The number of hydrogen-bond donors (Lipinski definition) is 1. The SMILES string of the molecule is COc1cc(F)c2c(c1)[C@H](NC(=O)C(F)(F)F)CCC2. The molecule has 1 aliphatic rings. The maximum atomic E-state index is 13.8. The van der Waals surface area contributed by atoms with E-state index in [1.54, 1.807) is 0 Å².